The molecule has 0 unspecified atom stereocenters. The predicted octanol–water partition coefficient (Wildman–Crippen LogP) is 4.49. The Bertz CT molecular complexity index is 1200. The van der Waals surface area contributed by atoms with Crippen LogP contribution in [0.2, 0.25) is 0 Å². The quantitative estimate of drug-likeness (QED) is 0.579. The minimum absolute atomic E-state index is 0.0357. The fraction of sp³-hybridized carbons (Fsp3) is 0.364. The number of pyridine rings is 1. The first kappa shape index (κ1) is 24.8. The normalized spacial score (nSPS) is 12.8. The molecule has 3 rings (SSSR count). The van der Waals surface area contributed by atoms with E-state index in [9.17, 15) is 22.8 Å². The van der Waals surface area contributed by atoms with Crippen LogP contribution < -0.4 is 10.1 Å². The van der Waals surface area contributed by atoms with E-state index in [1.165, 1.54) is 42.9 Å². The monoisotopic (exact) mass is 479 g/mol. The summed E-state index contributed by atoms with van der Waals surface area (Å²) in [5.41, 5.74) is 0.233. The van der Waals surface area contributed by atoms with Gasteiger partial charge in [-0.05, 0) is 45.9 Å². The Morgan fingerprint density at radius 3 is 2.44 bits per heavy atom. The zero-order valence-corrected chi connectivity index (χ0v) is 19.2. The molecule has 182 valence electrons. The summed E-state index contributed by atoms with van der Waals surface area (Å²) in [4.78, 5) is 30.1. The van der Waals surface area contributed by atoms with Crippen molar-refractivity contribution in [2.75, 3.05) is 12.4 Å². The molecule has 0 aliphatic rings. The maximum Gasteiger partial charge on any atom is 0.573 e. The number of likely N-dealkylation sites (N-methyl/N-ethyl adjacent to an activating group) is 1. The van der Waals surface area contributed by atoms with Crippen molar-refractivity contribution in [3.05, 3.63) is 42.6 Å². The Labute approximate surface area is 193 Å². The summed E-state index contributed by atoms with van der Waals surface area (Å²) in [7, 11) is 1.43. The Hall–Kier alpha value is -3.83. The zero-order valence-electron chi connectivity index (χ0n) is 19.2. The highest BCUT2D eigenvalue weighted by atomic mass is 19.4. The molecule has 0 spiro atoms. The maximum atomic E-state index is 12.7. The van der Waals surface area contributed by atoms with Gasteiger partial charge in [0.25, 0.3) is 0 Å². The molecule has 2 heterocycles. The molecule has 1 aromatic carbocycles. The summed E-state index contributed by atoms with van der Waals surface area (Å²) in [6.45, 7) is 6.66. The predicted molar refractivity (Wildman–Crippen MR) is 117 cm³/mol. The van der Waals surface area contributed by atoms with Crippen molar-refractivity contribution in [1.29, 1.82) is 0 Å². The summed E-state index contributed by atoms with van der Waals surface area (Å²) >= 11 is 0. The largest absolute Gasteiger partial charge is 0.573 e. The number of amides is 2. The Morgan fingerprint density at radius 2 is 1.79 bits per heavy atom. The molecule has 9 nitrogen and oxygen atoms in total. The molecule has 0 radical (unpaired) electrons. The second-order valence-electron chi connectivity index (χ2n) is 8.46. The summed E-state index contributed by atoms with van der Waals surface area (Å²) in [6.07, 6.45) is -4.04. The topological polar surface area (TPSA) is 98.1 Å². The van der Waals surface area contributed by atoms with E-state index in [1.54, 1.807) is 39.0 Å². The van der Waals surface area contributed by atoms with Crippen molar-refractivity contribution < 1.29 is 32.2 Å². The second-order valence-corrected chi connectivity index (χ2v) is 8.46. The third-order valence-corrected chi connectivity index (χ3v) is 4.63. The number of para-hydroxylation sites is 1. The summed E-state index contributed by atoms with van der Waals surface area (Å²) in [5, 5.41) is 6.69. The lowest BCUT2D eigenvalue weighted by atomic mass is 10.1. The molecule has 3 aromatic rings. The van der Waals surface area contributed by atoms with Gasteiger partial charge in [-0.1, -0.05) is 18.2 Å². The summed E-state index contributed by atoms with van der Waals surface area (Å²) < 4.78 is 48.9. The number of carbonyl (C=O) groups excluding carboxylic acids is 2. The third-order valence-electron chi connectivity index (χ3n) is 4.63. The van der Waals surface area contributed by atoms with Crippen molar-refractivity contribution in [1.82, 2.24) is 19.5 Å². The van der Waals surface area contributed by atoms with E-state index in [0.717, 1.165) is 4.90 Å². The van der Waals surface area contributed by atoms with Gasteiger partial charge >= 0.3 is 12.5 Å². The van der Waals surface area contributed by atoms with Crippen molar-refractivity contribution in [3.8, 4) is 16.9 Å². The molecule has 0 saturated heterocycles. The molecule has 0 aliphatic carbocycles. The van der Waals surface area contributed by atoms with Crippen LogP contribution in [0.5, 0.6) is 5.75 Å². The number of alkyl halides is 3. The molecule has 2 aromatic heterocycles. The Kier molecular flexibility index (Phi) is 6.71. The Balaban J connectivity index is 1.79. The van der Waals surface area contributed by atoms with Gasteiger partial charge in [0.2, 0.25) is 11.9 Å². The first-order valence-electron chi connectivity index (χ1n) is 10.2. The molecular weight excluding hydrogens is 455 g/mol. The zero-order chi connectivity index (χ0) is 25.3. The van der Waals surface area contributed by atoms with Crippen LogP contribution in [0.4, 0.5) is 23.9 Å². The van der Waals surface area contributed by atoms with E-state index in [0.29, 0.717) is 11.2 Å². The fourth-order valence-corrected chi connectivity index (χ4v) is 2.90. The highest BCUT2D eigenvalue weighted by Gasteiger charge is 2.32. The van der Waals surface area contributed by atoms with Crippen molar-refractivity contribution in [2.45, 2.75) is 45.7 Å². The van der Waals surface area contributed by atoms with Crippen molar-refractivity contribution in [3.63, 3.8) is 0 Å². The molecule has 12 heteroatoms. The van der Waals surface area contributed by atoms with Gasteiger partial charge in [0.1, 0.15) is 17.4 Å². The Morgan fingerprint density at radius 1 is 1.12 bits per heavy atom. The molecular formula is C22H24F3N5O4. The van der Waals surface area contributed by atoms with Crippen LogP contribution in [-0.4, -0.2) is 56.6 Å². The standard InChI is InChI=1S/C22H24F3N5O4/c1-13(29(5)20(32)34-21(2,3)4)18(31)27-19-26-17-11-10-14(12-30(17)28-19)15-8-6-7-9-16(15)33-22(23,24)25/h6-13H,1-5H3,(H,27,28,31)/t13-/m0/s1. The van der Waals surface area contributed by atoms with Gasteiger partial charge in [0.05, 0.1) is 0 Å². The average molecular weight is 479 g/mol. The number of nitrogens with one attached hydrogen (secondary N) is 1. The third kappa shape index (κ3) is 6.15. The van der Waals surface area contributed by atoms with Gasteiger partial charge < -0.3 is 9.47 Å². The van der Waals surface area contributed by atoms with Crippen LogP contribution >= 0.6 is 0 Å². The van der Waals surface area contributed by atoms with Gasteiger partial charge in [0, 0.05) is 24.4 Å². The number of aromatic nitrogens is 3. The van der Waals surface area contributed by atoms with Crippen molar-refractivity contribution in [2.24, 2.45) is 0 Å². The summed E-state index contributed by atoms with van der Waals surface area (Å²) in [6, 6.07) is 7.92. The molecule has 0 saturated carbocycles. The number of hydrogen-bond donors (Lipinski definition) is 1. The van der Waals surface area contributed by atoms with Crippen molar-refractivity contribution >= 4 is 23.6 Å². The van der Waals surface area contributed by atoms with Crippen LogP contribution in [-0.2, 0) is 9.53 Å². The molecule has 2 amide bonds. The number of anilines is 1. The number of fused-ring (bicyclic) bond motifs is 1. The molecule has 0 bridgehead atoms. The van der Waals surface area contributed by atoms with Gasteiger partial charge in [-0.2, -0.15) is 4.98 Å². The highest BCUT2D eigenvalue weighted by Crippen LogP contribution is 2.33. The molecule has 0 fully saturated rings. The number of nitrogens with zero attached hydrogens (tertiary/aromatic N) is 4. The fourth-order valence-electron chi connectivity index (χ4n) is 2.90. The van der Waals surface area contributed by atoms with E-state index in [4.69, 9.17) is 4.74 Å². The van der Waals surface area contributed by atoms with Gasteiger partial charge in [-0.15, -0.1) is 18.3 Å². The number of hydrogen-bond acceptors (Lipinski definition) is 6. The van der Waals surface area contributed by atoms with E-state index >= 15 is 0 Å². The van der Waals surface area contributed by atoms with E-state index < -0.39 is 30.0 Å². The van der Waals surface area contributed by atoms with Gasteiger partial charge in [-0.25, -0.2) is 9.31 Å². The van der Waals surface area contributed by atoms with Gasteiger partial charge in [0.15, 0.2) is 5.65 Å². The lowest BCUT2D eigenvalue weighted by Crippen LogP contribution is -2.45. The first-order chi connectivity index (χ1) is 15.7. The number of carbonyl (C=O) groups is 2. The highest BCUT2D eigenvalue weighted by molar-refractivity contribution is 5.95. The molecule has 1 N–H and O–H groups in total. The van der Waals surface area contributed by atoms with Crippen LogP contribution in [0.15, 0.2) is 42.6 Å². The number of rotatable bonds is 5. The minimum atomic E-state index is -4.84. The minimum Gasteiger partial charge on any atom is -0.444 e. The van der Waals surface area contributed by atoms with Crippen LogP contribution in [0.3, 0.4) is 0 Å². The lowest BCUT2D eigenvalue weighted by Gasteiger charge is -2.27. The van der Waals surface area contributed by atoms with E-state index in [-0.39, 0.29) is 17.3 Å². The average Bonchev–Trinajstić information content (AvgIpc) is 3.12. The van der Waals surface area contributed by atoms with E-state index in [1.807, 2.05) is 0 Å². The molecule has 34 heavy (non-hydrogen) atoms. The van der Waals surface area contributed by atoms with Crippen LogP contribution in [0, 0.1) is 0 Å². The lowest BCUT2D eigenvalue weighted by molar-refractivity contribution is -0.274. The number of ether oxygens (including phenoxy) is 2. The molecule has 1 atom stereocenters. The second kappa shape index (κ2) is 9.20. The van der Waals surface area contributed by atoms with E-state index in [2.05, 4.69) is 20.1 Å². The van der Waals surface area contributed by atoms with Gasteiger partial charge in [-0.3, -0.25) is 15.0 Å². The smallest absolute Gasteiger partial charge is 0.444 e. The number of benzene rings is 1. The maximum absolute atomic E-state index is 12.7. The molecule has 0 aliphatic heterocycles. The number of halogens is 3. The van der Waals surface area contributed by atoms with Crippen LogP contribution in [0.1, 0.15) is 27.7 Å². The summed E-state index contributed by atoms with van der Waals surface area (Å²) in [5.74, 6) is -0.943. The van der Waals surface area contributed by atoms with Crippen LogP contribution in [0.25, 0.3) is 16.8 Å². The SMILES string of the molecule is C[C@@H](C(=O)Nc1nc2ccc(-c3ccccc3OC(F)(F)F)cn2n1)N(C)C(=O)OC(C)(C)C. The first-order valence-corrected chi connectivity index (χ1v) is 10.2.